The van der Waals surface area contributed by atoms with Crippen molar-refractivity contribution in [2.75, 3.05) is 39.3 Å². The van der Waals surface area contributed by atoms with Crippen molar-refractivity contribution in [3.8, 4) is 0 Å². The molecule has 1 saturated carbocycles. The molecule has 0 radical (unpaired) electrons. The van der Waals surface area contributed by atoms with Crippen LogP contribution in [0.5, 0.6) is 0 Å². The van der Waals surface area contributed by atoms with E-state index >= 15 is 0 Å². The highest BCUT2D eigenvalue weighted by atomic mass is 16.6. The number of piperazine rings is 1. The van der Waals surface area contributed by atoms with Crippen LogP contribution in [0.2, 0.25) is 0 Å². The zero-order valence-corrected chi connectivity index (χ0v) is 15.5. The van der Waals surface area contributed by atoms with Crippen LogP contribution >= 0.6 is 0 Å². The molecule has 7 nitrogen and oxygen atoms in total. The van der Waals surface area contributed by atoms with Crippen LogP contribution in [0.4, 0.5) is 4.79 Å². The highest BCUT2D eigenvalue weighted by molar-refractivity contribution is 5.78. The molecule has 0 bridgehead atoms. The van der Waals surface area contributed by atoms with Gasteiger partial charge in [0.15, 0.2) is 0 Å². The summed E-state index contributed by atoms with van der Waals surface area (Å²) in [6, 6.07) is 0.291. The molecule has 1 aliphatic heterocycles. The number of hydrogen-bond donors (Lipinski definition) is 0. The summed E-state index contributed by atoms with van der Waals surface area (Å²) in [5.41, 5.74) is 0. The Morgan fingerprint density at radius 1 is 1.00 bits per heavy atom. The fourth-order valence-corrected chi connectivity index (χ4v) is 3.72. The molecule has 142 valence electrons. The molecule has 0 aromatic heterocycles. The van der Waals surface area contributed by atoms with Gasteiger partial charge in [-0.3, -0.25) is 9.59 Å². The van der Waals surface area contributed by atoms with Gasteiger partial charge in [0.2, 0.25) is 11.8 Å². The monoisotopic (exact) mass is 353 g/mol. The van der Waals surface area contributed by atoms with Crippen molar-refractivity contribution in [3.63, 3.8) is 0 Å². The van der Waals surface area contributed by atoms with Gasteiger partial charge >= 0.3 is 6.09 Å². The average Bonchev–Trinajstić information content (AvgIpc) is 2.62. The van der Waals surface area contributed by atoms with Crippen LogP contribution in [0.1, 0.15) is 52.4 Å². The zero-order valence-electron chi connectivity index (χ0n) is 15.5. The van der Waals surface area contributed by atoms with Crippen LogP contribution in [0.15, 0.2) is 0 Å². The van der Waals surface area contributed by atoms with Crippen LogP contribution < -0.4 is 0 Å². The lowest BCUT2D eigenvalue weighted by atomic mass is 9.94. The Morgan fingerprint density at radius 2 is 1.60 bits per heavy atom. The minimum atomic E-state index is -0.311. The highest BCUT2D eigenvalue weighted by Gasteiger charge is 2.27. The molecule has 2 rings (SSSR count). The summed E-state index contributed by atoms with van der Waals surface area (Å²) in [5, 5.41) is 0. The second-order valence-corrected chi connectivity index (χ2v) is 6.82. The molecule has 1 aliphatic carbocycles. The van der Waals surface area contributed by atoms with Crippen LogP contribution in [-0.4, -0.2) is 78.0 Å². The van der Waals surface area contributed by atoms with Crippen LogP contribution in [0.25, 0.3) is 0 Å². The lowest BCUT2D eigenvalue weighted by Gasteiger charge is -2.36. The largest absolute Gasteiger partial charge is 0.450 e. The summed E-state index contributed by atoms with van der Waals surface area (Å²) in [7, 11) is 0. The number of amides is 3. The number of carbonyl (C=O) groups excluding carboxylic acids is 3. The van der Waals surface area contributed by atoms with E-state index in [0.717, 1.165) is 25.7 Å². The number of hydrogen-bond acceptors (Lipinski definition) is 4. The fourth-order valence-electron chi connectivity index (χ4n) is 3.72. The minimum absolute atomic E-state index is 0.0607. The molecule has 2 fully saturated rings. The summed E-state index contributed by atoms with van der Waals surface area (Å²) in [4.78, 5) is 41.4. The predicted molar refractivity (Wildman–Crippen MR) is 94.1 cm³/mol. The van der Waals surface area contributed by atoms with Gasteiger partial charge in [-0.25, -0.2) is 4.79 Å². The second-order valence-electron chi connectivity index (χ2n) is 6.82. The van der Waals surface area contributed by atoms with Gasteiger partial charge in [0, 0.05) is 52.1 Å². The van der Waals surface area contributed by atoms with E-state index in [1.54, 1.807) is 23.6 Å². The molecule has 3 amide bonds. The summed E-state index contributed by atoms with van der Waals surface area (Å²) >= 11 is 0. The van der Waals surface area contributed by atoms with Crippen molar-refractivity contribution < 1.29 is 19.1 Å². The summed E-state index contributed by atoms with van der Waals surface area (Å²) < 4.78 is 4.99. The van der Waals surface area contributed by atoms with Gasteiger partial charge < -0.3 is 19.4 Å². The van der Waals surface area contributed by atoms with Gasteiger partial charge in [-0.1, -0.05) is 19.3 Å². The van der Waals surface area contributed by atoms with Gasteiger partial charge in [0.05, 0.1) is 6.61 Å². The van der Waals surface area contributed by atoms with Gasteiger partial charge in [-0.2, -0.15) is 0 Å². The van der Waals surface area contributed by atoms with Crippen LogP contribution in [0.3, 0.4) is 0 Å². The first-order valence-electron chi connectivity index (χ1n) is 9.49. The molecule has 7 heteroatoms. The quantitative estimate of drug-likeness (QED) is 0.756. The van der Waals surface area contributed by atoms with E-state index in [0.29, 0.717) is 51.8 Å². The van der Waals surface area contributed by atoms with Gasteiger partial charge in [-0.15, -0.1) is 0 Å². The molecule has 0 aromatic carbocycles. The Bertz CT molecular complexity index is 469. The zero-order chi connectivity index (χ0) is 18.2. The van der Waals surface area contributed by atoms with E-state index in [1.165, 1.54) is 6.42 Å². The number of ether oxygens (including phenoxy) is 1. The number of nitrogens with zero attached hydrogens (tertiary/aromatic N) is 3. The maximum atomic E-state index is 12.5. The first kappa shape index (κ1) is 19.5. The molecular weight excluding hydrogens is 322 g/mol. The van der Waals surface area contributed by atoms with Crippen LogP contribution in [-0.2, 0) is 14.3 Å². The maximum absolute atomic E-state index is 12.5. The van der Waals surface area contributed by atoms with Crippen LogP contribution in [0, 0.1) is 0 Å². The first-order chi connectivity index (χ1) is 12.0. The third kappa shape index (κ3) is 5.61. The SMILES string of the molecule is CCOC(=O)N1CCN(C(=O)CCN(C(C)=O)C2CCCCC2)CC1. The molecule has 25 heavy (non-hydrogen) atoms. The molecule has 0 aromatic rings. The Morgan fingerprint density at radius 3 is 2.16 bits per heavy atom. The third-order valence-electron chi connectivity index (χ3n) is 5.14. The molecule has 1 saturated heterocycles. The molecule has 1 heterocycles. The Balaban J connectivity index is 1.77. The van der Waals surface area contributed by atoms with E-state index in [4.69, 9.17) is 4.74 Å². The van der Waals surface area contributed by atoms with Crippen molar-refractivity contribution in [2.45, 2.75) is 58.4 Å². The average molecular weight is 353 g/mol. The van der Waals surface area contributed by atoms with E-state index < -0.39 is 0 Å². The Hall–Kier alpha value is -1.79. The normalized spacial score (nSPS) is 18.8. The van der Waals surface area contributed by atoms with Crippen molar-refractivity contribution in [2.24, 2.45) is 0 Å². The van der Waals surface area contributed by atoms with Crippen molar-refractivity contribution in [1.29, 1.82) is 0 Å². The lowest BCUT2D eigenvalue weighted by Crippen LogP contribution is -2.51. The summed E-state index contributed by atoms with van der Waals surface area (Å²) in [6.45, 7) is 6.30. The van der Waals surface area contributed by atoms with Crippen molar-refractivity contribution in [3.05, 3.63) is 0 Å². The molecule has 0 spiro atoms. The van der Waals surface area contributed by atoms with Gasteiger partial charge in [0.1, 0.15) is 0 Å². The number of carbonyl (C=O) groups is 3. The smallest absolute Gasteiger partial charge is 0.409 e. The van der Waals surface area contributed by atoms with Gasteiger partial charge in [0.25, 0.3) is 0 Å². The standard InChI is InChI=1S/C18H31N3O4/c1-3-25-18(24)20-13-11-19(12-14-20)17(23)9-10-21(15(2)22)16-7-5-4-6-8-16/h16H,3-14H2,1-2H3. The second kappa shape index (κ2) is 9.63. The molecule has 0 N–H and O–H groups in total. The first-order valence-corrected chi connectivity index (χ1v) is 9.49. The van der Waals surface area contributed by atoms with Crippen molar-refractivity contribution in [1.82, 2.24) is 14.7 Å². The topological polar surface area (TPSA) is 70.2 Å². The van der Waals surface area contributed by atoms with E-state index in [2.05, 4.69) is 0 Å². The lowest BCUT2D eigenvalue weighted by molar-refractivity contribution is -0.136. The van der Waals surface area contributed by atoms with E-state index in [9.17, 15) is 14.4 Å². The van der Waals surface area contributed by atoms with Crippen molar-refractivity contribution >= 4 is 17.9 Å². The van der Waals surface area contributed by atoms with Gasteiger partial charge in [-0.05, 0) is 19.8 Å². The number of rotatable bonds is 5. The summed E-state index contributed by atoms with van der Waals surface area (Å²) in [5.74, 6) is 0.123. The molecular formula is C18H31N3O4. The fraction of sp³-hybridized carbons (Fsp3) is 0.833. The Kier molecular flexibility index (Phi) is 7.52. The van der Waals surface area contributed by atoms with E-state index in [1.807, 2.05) is 4.90 Å². The Labute approximate surface area is 150 Å². The van der Waals surface area contributed by atoms with E-state index in [-0.39, 0.29) is 17.9 Å². The third-order valence-corrected chi connectivity index (χ3v) is 5.14. The molecule has 0 atom stereocenters. The molecule has 0 unspecified atom stereocenters. The summed E-state index contributed by atoms with van der Waals surface area (Å²) in [6.07, 6.45) is 5.71. The maximum Gasteiger partial charge on any atom is 0.409 e. The minimum Gasteiger partial charge on any atom is -0.450 e. The highest BCUT2D eigenvalue weighted by Crippen LogP contribution is 2.23. The molecule has 2 aliphatic rings. The predicted octanol–water partition coefficient (Wildman–Crippen LogP) is 1.86.